The molecule has 0 bridgehead atoms. The molecule has 0 spiro atoms. The molecular formula is C27H23N3O4S. The Bertz CT molecular complexity index is 1520. The van der Waals surface area contributed by atoms with E-state index in [4.69, 9.17) is 4.74 Å². The van der Waals surface area contributed by atoms with Crippen LogP contribution in [0.5, 0.6) is 11.5 Å². The lowest BCUT2D eigenvalue weighted by molar-refractivity contribution is -0.116. The minimum absolute atomic E-state index is 0.00288. The molecule has 3 N–H and O–H groups in total. The maximum atomic E-state index is 13.7. The molecule has 0 fully saturated rings. The fourth-order valence-corrected chi connectivity index (χ4v) is 6.01. The van der Waals surface area contributed by atoms with Crippen molar-refractivity contribution in [3.05, 3.63) is 104 Å². The molecule has 0 saturated heterocycles. The topological polar surface area (TPSA) is 96.4 Å². The van der Waals surface area contributed by atoms with E-state index in [2.05, 4.69) is 16.5 Å². The third-order valence-electron chi connectivity index (χ3n) is 6.78. The van der Waals surface area contributed by atoms with Gasteiger partial charge in [-0.05, 0) is 47.7 Å². The lowest BCUT2D eigenvalue weighted by atomic mass is 9.74. The van der Waals surface area contributed by atoms with Crippen molar-refractivity contribution in [2.45, 2.75) is 24.7 Å². The van der Waals surface area contributed by atoms with Gasteiger partial charge in [0.05, 0.1) is 18.4 Å². The summed E-state index contributed by atoms with van der Waals surface area (Å²) in [5.41, 5.74) is 3.10. The van der Waals surface area contributed by atoms with Gasteiger partial charge in [0.15, 0.2) is 17.3 Å². The number of aromatic nitrogens is 2. The third kappa shape index (κ3) is 3.49. The molecule has 2 aliphatic rings. The van der Waals surface area contributed by atoms with Gasteiger partial charge in [-0.25, -0.2) is 4.68 Å². The second-order valence-corrected chi connectivity index (χ2v) is 9.78. The Kier molecular flexibility index (Phi) is 5.11. The van der Waals surface area contributed by atoms with Crippen LogP contribution >= 0.6 is 11.3 Å². The molecule has 35 heavy (non-hydrogen) atoms. The van der Waals surface area contributed by atoms with Crippen LogP contribution in [0, 0.1) is 0 Å². The number of para-hydroxylation sites is 1. The number of nitrogens with one attached hydrogen (secondary N) is 2. The zero-order valence-electron chi connectivity index (χ0n) is 18.9. The maximum Gasteiger partial charge on any atom is 0.277 e. The molecule has 2 atom stereocenters. The van der Waals surface area contributed by atoms with E-state index in [1.54, 1.807) is 29.5 Å². The number of H-pyrrole nitrogens is 1. The Hall–Kier alpha value is -4.04. The fraction of sp³-hybridized carbons (Fsp3) is 0.185. The molecule has 1 aliphatic carbocycles. The van der Waals surface area contributed by atoms with Gasteiger partial charge in [-0.15, -0.1) is 11.3 Å². The van der Waals surface area contributed by atoms with Crippen LogP contribution in [0.15, 0.2) is 82.1 Å². The van der Waals surface area contributed by atoms with Crippen LogP contribution < -0.4 is 15.6 Å². The number of methoxy groups -OCH3 is 1. The Balaban J connectivity index is 1.55. The van der Waals surface area contributed by atoms with Crippen molar-refractivity contribution >= 4 is 22.9 Å². The highest BCUT2D eigenvalue weighted by Crippen LogP contribution is 2.48. The Morgan fingerprint density at radius 3 is 2.63 bits per heavy atom. The van der Waals surface area contributed by atoms with E-state index in [0.29, 0.717) is 46.8 Å². The largest absolute Gasteiger partial charge is 0.504 e. The normalized spacial score (nSPS) is 19.2. The van der Waals surface area contributed by atoms with Gasteiger partial charge in [0, 0.05) is 34.4 Å². The number of rotatable bonds is 4. The number of carbonyl (C=O) groups excluding carboxylic acids is 1. The fourth-order valence-electron chi connectivity index (χ4n) is 5.18. The van der Waals surface area contributed by atoms with Crippen LogP contribution in [-0.4, -0.2) is 27.8 Å². The predicted molar refractivity (Wildman–Crippen MR) is 135 cm³/mol. The van der Waals surface area contributed by atoms with Crippen LogP contribution in [0.4, 0.5) is 5.82 Å². The van der Waals surface area contributed by atoms with Crippen LogP contribution in [-0.2, 0) is 4.79 Å². The molecule has 176 valence electrons. The number of allylic oxidation sites excluding steroid dienone is 2. The van der Waals surface area contributed by atoms with Gasteiger partial charge in [0.2, 0.25) is 0 Å². The second kappa shape index (κ2) is 8.32. The number of phenolic OH excluding ortho intramolecular Hbond substituents is 1. The van der Waals surface area contributed by atoms with Crippen LogP contribution in [0.3, 0.4) is 0 Å². The molecule has 0 unspecified atom stereocenters. The van der Waals surface area contributed by atoms with E-state index in [1.807, 2.05) is 41.8 Å². The summed E-state index contributed by atoms with van der Waals surface area (Å²) in [6, 6.07) is 18.4. The van der Waals surface area contributed by atoms with Gasteiger partial charge in [-0.2, -0.15) is 0 Å². The van der Waals surface area contributed by atoms with Gasteiger partial charge in [-0.1, -0.05) is 30.3 Å². The summed E-state index contributed by atoms with van der Waals surface area (Å²) >= 11 is 1.66. The standard InChI is InChI=1S/C27H23N3O4S/c1-34-21-14-15(9-10-19(21)31)23-24-18(12-16(13-20(24)32)22-8-5-11-35-22)28-26-25(23)27(33)30(29-26)17-6-3-2-4-7-17/h2-11,14,16,23,28-29,31H,12-13H2,1H3/t16-,23-/m1/s1. The third-order valence-corrected chi connectivity index (χ3v) is 7.82. The predicted octanol–water partition coefficient (Wildman–Crippen LogP) is 4.90. The average molecular weight is 486 g/mol. The van der Waals surface area contributed by atoms with E-state index < -0.39 is 5.92 Å². The van der Waals surface area contributed by atoms with Crippen molar-refractivity contribution in [3.63, 3.8) is 0 Å². The van der Waals surface area contributed by atoms with E-state index >= 15 is 0 Å². The van der Waals surface area contributed by atoms with Gasteiger partial charge >= 0.3 is 0 Å². The molecule has 6 rings (SSSR count). The van der Waals surface area contributed by atoms with Gasteiger partial charge in [0.25, 0.3) is 5.56 Å². The molecule has 2 aromatic heterocycles. The number of fused-ring (bicyclic) bond motifs is 1. The van der Waals surface area contributed by atoms with Crippen LogP contribution in [0.25, 0.3) is 5.69 Å². The Labute approximate surface area is 205 Å². The SMILES string of the molecule is COc1cc([C@@H]2C3=C(C[C@@H](c4cccs4)CC3=O)Nc3[nH]n(-c4ccccc4)c(=O)c32)ccc1O. The first kappa shape index (κ1) is 21.5. The molecule has 3 heterocycles. The molecule has 2 aromatic carbocycles. The van der Waals surface area contributed by atoms with E-state index in [-0.39, 0.29) is 23.0 Å². The van der Waals surface area contributed by atoms with Crippen molar-refractivity contribution in [1.29, 1.82) is 0 Å². The highest BCUT2D eigenvalue weighted by atomic mass is 32.1. The first-order valence-electron chi connectivity index (χ1n) is 11.4. The lowest BCUT2D eigenvalue weighted by Crippen LogP contribution is -2.31. The van der Waals surface area contributed by atoms with Crippen LogP contribution in [0.1, 0.15) is 40.7 Å². The lowest BCUT2D eigenvalue weighted by Gasteiger charge is -2.34. The number of phenols is 1. The highest BCUT2D eigenvalue weighted by molar-refractivity contribution is 7.10. The summed E-state index contributed by atoms with van der Waals surface area (Å²) in [5, 5.41) is 18.8. The molecule has 4 aromatic rings. The van der Waals surface area contributed by atoms with Gasteiger partial charge in [-0.3, -0.25) is 14.7 Å². The second-order valence-electron chi connectivity index (χ2n) is 8.80. The molecular weight excluding hydrogens is 462 g/mol. The smallest absolute Gasteiger partial charge is 0.277 e. The monoisotopic (exact) mass is 485 g/mol. The number of benzene rings is 2. The first-order valence-corrected chi connectivity index (χ1v) is 12.3. The summed E-state index contributed by atoms with van der Waals surface area (Å²) in [7, 11) is 1.48. The van der Waals surface area contributed by atoms with Crippen molar-refractivity contribution in [2.24, 2.45) is 0 Å². The summed E-state index contributed by atoms with van der Waals surface area (Å²) in [6.45, 7) is 0. The first-order chi connectivity index (χ1) is 17.0. The van der Waals surface area contributed by atoms with Gasteiger partial charge < -0.3 is 15.2 Å². The van der Waals surface area contributed by atoms with E-state index in [0.717, 1.165) is 5.70 Å². The van der Waals surface area contributed by atoms with Crippen molar-refractivity contribution in [2.75, 3.05) is 12.4 Å². The quantitative estimate of drug-likeness (QED) is 0.382. The van der Waals surface area contributed by atoms with E-state index in [1.165, 1.54) is 16.7 Å². The van der Waals surface area contributed by atoms with Crippen molar-refractivity contribution < 1.29 is 14.6 Å². The maximum absolute atomic E-state index is 13.7. The van der Waals surface area contributed by atoms with Crippen LogP contribution in [0.2, 0.25) is 0 Å². The van der Waals surface area contributed by atoms with E-state index in [9.17, 15) is 14.7 Å². The molecule has 0 radical (unpaired) electrons. The molecule has 0 saturated carbocycles. The van der Waals surface area contributed by atoms with Gasteiger partial charge in [0.1, 0.15) is 5.82 Å². The number of hydrogen-bond acceptors (Lipinski definition) is 6. The highest BCUT2D eigenvalue weighted by Gasteiger charge is 2.41. The number of Topliss-reactive ketones (excluding diaryl/α,β-unsaturated/α-hetero) is 1. The summed E-state index contributed by atoms with van der Waals surface area (Å²) in [5.74, 6) is 0.405. The van der Waals surface area contributed by atoms with Crippen molar-refractivity contribution in [3.8, 4) is 17.2 Å². The Morgan fingerprint density at radius 2 is 1.89 bits per heavy atom. The summed E-state index contributed by atoms with van der Waals surface area (Å²) in [4.78, 5) is 28.6. The molecule has 0 amide bonds. The number of carbonyl (C=O) groups is 1. The minimum atomic E-state index is -0.582. The number of aromatic hydroxyl groups is 1. The molecule has 7 nitrogen and oxygen atoms in total. The minimum Gasteiger partial charge on any atom is -0.504 e. The zero-order chi connectivity index (χ0) is 24.1. The zero-order valence-corrected chi connectivity index (χ0v) is 19.8. The summed E-state index contributed by atoms with van der Waals surface area (Å²) < 4.78 is 6.84. The number of aromatic amines is 1. The number of anilines is 1. The number of nitrogens with zero attached hydrogens (tertiary/aromatic N) is 1. The number of thiophene rings is 1. The van der Waals surface area contributed by atoms with Crippen molar-refractivity contribution in [1.82, 2.24) is 9.78 Å². The Morgan fingerprint density at radius 1 is 1.06 bits per heavy atom. The summed E-state index contributed by atoms with van der Waals surface area (Å²) in [6.07, 6.45) is 1.06. The average Bonchev–Trinajstić information content (AvgIpc) is 3.52. The number of hydrogen-bond donors (Lipinski definition) is 3. The number of ketones is 1. The number of ether oxygens (including phenoxy) is 1. The molecule has 1 aliphatic heterocycles. The molecule has 8 heteroatoms.